The fourth-order valence-electron chi connectivity index (χ4n) is 2.03. The average Bonchev–Trinajstić information content (AvgIpc) is 2.97. The monoisotopic (exact) mass is 284 g/mol. The molecule has 104 valence electrons. The SMILES string of the molecule is CC(=O)c1sc(NC(C)C2CCOC2)nc1C(=O)O. The van der Waals surface area contributed by atoms with Crippen LogP contribution in [-0.4, -0.2) is 41.1 Å². The minimum atomic E-state index is -1.17. The molecule has 2 atom stereocenters. The Labute approximate surface area is 114 Å². The molecule has 0 amide bonds. The van der Waals surface area contributed by atoms with Crippen LogP contribution in [-0.2, 0) is 4.74 Å². The second-order valence-corrected chi connectivity index (χ2v) is 5.61. The van der Waals surface area contributed by atoms with Crippen LogP contribution in [0.4, 0.5) is 5.13 Å². The number of anilines is 1. The number of nitrogens with zero attached hydrogens (tertiary/aromatic N) is 1. The topological polar surface area (TPSA) is 88.5 Å². The van der Waals surface area contributed by atoms with Crippen molar-refractivity contribution in [1.82, 2.24) is 4.98 Å². The molecule has 1 fully saturated rings. The second-order valence-electron chi connectivity index (χ2n) is 4.61. The molecule has 2 rings (SSSR count). The van der Waals surface area contributed by atoms with E-state index in [1.54, 1.807) is 0 Å². The first-order chi connectivity index (χ1) is 8.99. The van der Waals surface area contributed by atoms with Crippen LogP contribution in [0.2, 0.25) is 0 Å². The zero-order chi connectivity index (χ0) is 14.0. The van der Waals surface area contributed by atoms with Crippen LogP contribution in [0.25, 0.3) is 0 Å². The number of hydrogen-bond acceptors (Lipinski definition) is 6. The summed E-state index contributed by atoms with van der Waals surface area (Å²) in [7, 11) is 0. The fourth-order valence-corrected chi connectivity index (χ4v) is 2.97. The summed E-state index contributed by atoms with van der Waals surface area (Å²) in [5, 5.41) is 12.7. The Bertz CT molecular complexity index is 462. The van der Waals surface area contributed by atoms with E-state index in [1.807, 2.05) is 6.92 Å². The first kappa shape index (κ1) is 14.0. The van der Waals surface area contributed by atoms with Crippen molar-refractivity contribution in [3.8, 4) is 0 Å². The molecule has 0 bridgehead atoms. The third kappa shape index (κ3) is 3.10. The molecular formula is C12H16N2O4S. The minimum Gasteiger partial charge on any atom is -0.476 e. The van der Waals surface area contributed by atoms with E-state index >= 15 is 0 Å². The lowest BCUT2D eigenvalue weighted by Gasteiger charge is -2.18. The highest BCUT2D eigenvalue weighted by Gasteiger charge is 2.25. The summed E-state index contributed by atoms with van der Waals surface area (Å²) < 4.78 is 5.32. The summed E-state index contributed by atoms with van der Waals surface area (Å²) >= 11 is 1.09. The van der Waals surface area contributed by atoms with Gasteiger partial charge in [0.1, 0.15) is 4.88 Å². The Morgan fingerprint density at radius 2 is 2.32 bits per heavy atom. The number of ether oxygens (including phenoxy) is 1. The number of nitrogens with one attached hydrogen (secondary N) is 1. The van der Waals surface area contributed by atoms with Gasteiger partial charge in [0.25, 0.3) is 0 Å². The van der Waals surface area contributed by atoms with Crippen molar-refractivity contribution in [1.29, 1.82) is 0 Å². The number of ketones is 1. The Morgan fingerprint density at radius 1 is 1.58 bits per heavy atom. The Kier molecular flexibility index (Phi) is 4.16. The Hall–Kier alpha value is -1.47. The zero-order valence-corrected chi connectivity index (χ0v) is 11.6. The lowest BCUT2D eigenvalue weighted by molar-refractivity contribution is 0.0687. The highest BCUT2D eigenvalue weighted by molar-refractivity contribution is 7.17. The Balaban J connectivity index is 2.14. The Morgan fingerprint density at radius 3 is 2.79 bits per heavy atom. The molecule has 0 radical (unpaired) electrons. The maximum atomic E-state index is 11.4. The number of thiazole rings is 1. The third-order valence-electron chi connectivity index (χ3n) is 3.17. The first-order valence-electron chi connectivity index (χ1n) is 6.08. The van der Waals surface area contributed by atoms with E-state index < -0.39 is 5.97 Å². The van der Waals surface area contributed by atoms with Crippen LogP contribution >= 0.6 is 11.3 Å². The number of aromatic nitrogens is 1. The molecule has 1 aromatic heterocycles. The minimum absolute atomic E-state index is 0.134. The molecule has 1 aromatic rings. The van der Waals surface area contributed by atoms with Crippen molar-refractivity contribution >= 4 is 28.2 Å². The molecule has 1 aliphatic heterocycles. The standard InChI is InChI=1S/C12H16N2O4S/c1-6(8-3-4-18-5-8)13-12-14-9(11(16)17)10(19-12)7(2)15/h6,8H,3-5H2,1-2H3,(H,13,14)(H,16,17). The van der Waals surface area contributed by atoms with Gasteiger partial charge in [0.05, 0.1) is 6.61 Å². The van der Waals surface area contributed by atoms with Crippen LogP contribution in [0, 0.1) is 5.92 Å². The van der Waals surface area contributed by atoms with Crippen LogP contribution < -0.4 is 5.32 Å². The normalized spacial score (nSPS) is 20.2. The van der Waals surface area contributed by atoms with E-state index in [0.717, 1.165) is 24.4 Å². The van der Waals surface area contributed by atoms with Gasteiger partial charge >= 0.3 is 5.97 Å². The molecule has 1 aliphatic rings. The fraction of sp³-hybridized carbons (Fsp3) is 0.583. The molecule has 2 unspecified atom stereocenters. The summed E-state index contributed by atoms with van der Waals surface area (Å²) in [6.07, 6.45) is 0.977. The van der Waals surface area contributed by atoms with E-state index in [-0.39, 0.29) is 22.4 Å². The first-order valence-corrected chi connectivity index (χ1v) is 6.90. The van der Waals surface area contributed by atoms with Crippen molar-refractivity contribution in [2.45, 2.75) is 26.3 Å². The average molecular weight is 284 g/mol. The van der Waals surface area contributed by atoms with Crippen molar-refractivity contribution in [2.75, 3.05) is 18.5 Å². The number of rotatable bonds is 5. The predicted molar refractivity (Wildman–Crippen MR) is 71.1 cm³/mol. The van der Waals surface area contributed by atoms with E-state index in [0.29, 0.717) is 17.7 Å². The summed E-state index contributed by atoms with van der Waals surface area (Å²) in [6, 6.07) is 0.134. The summed E-state index contributed by atoms with van der Waals surface area (Å²) in [5.41, 5.74) is -0.171. The zero-order valence-electron chi connectivity index (χ0n) is 10.8. The highest BCUT2D eigenvalue weighted by atomic mass is 32.1. The molecule has 2 N–H and O–H groups in total. The maximum Gasteiger partial charge on any atom is 0.356 e. The van der Waals surface area contributed by atoms with Gasteiger partial charge in [-0.2, -0.15) is 0 Å². The molecular weight excluding hydrogens is 268 g/mol. The lowest BCUT2D eigenvalue weighted by atomic mass is 10.0. The second kappa shape index (κ2) is 5.66. The lowest BCUT2D eigenvalue weighted by Crippen LogP contribution is -2.26. The van der Waals surface area contributed by atoms with Crippen molar-refractivity contribution in [3.63, 3.8) is 0 Å². The van der Waals surface area contributed by atoms with Crippen molar-refractivity contribution in [3.05, 3.63) is 10.6 Å². The van der Waals surface area contributed by atoms with Gasteiger partial charge in [-0.25, -0.2) is 9.78 Å². The van der Waals surface area contributed by atoms with Crippen LogP contribution in [0.5, 0.6) is 0 Å². The van der Waals surface area contributed by atoms with E-state index in [1.165, 1.54) is 6.92 Å². The molecule has 0 aromatic carbocycles. The van der Waals surface area contributed by atoms with Crippen molar-refractivity contribution in [2.24, 2.45) is 5.92 Å². The molecule has 0 aliphatic carbocycles. The van der Waals surface area contributed by atoms with Crippen molar-refractivity contribution < 1.29 is 19.4 Å². The summed E-state index contributed by atoms with van der Waals surface area (Å²) in [6.45, 7) is 4.81. The van der Waals surface area contributed by atoms with Crippen LogP contribution in [0.1, 0.15) is 40.4 Å². The van der Waals surface area contributed by atoms with E-state index in [9.17, 15) is 9.59 Å². The number of carbonyl (C=O) groups is 2. The number of carboxylic acids is 1. The van der Waals surface area contributed by atoms with Gasteiger partial charge in [-0.3, -0.25) is 4.79 Å². The van der Waals surface area contributed by atoms with Gasteiger partial charge in [0.2, 0.25) is 0 Å². The number of carboxylic acid groups (broad SMARTS) is 1. The van der Waals surface area contributed by atoms with Gasteiger partial charge in [0, 0.05) is 25.5 Å². The third-order valence-corrected chi connectivity index (χ3v) is 4.26. The molecule has 2 heterocycles. The summed E-state index contributed by atoms with van der Waals surface area (Å²) in [5.74, 6) is -1.07. The number of Topliss-reactive ketones (excluding diaryl/α,β-unsaturated/α-hetero) is 1. The molecule has 7 heteroatoms. The van der Waals surface area contributed by atoms with Gasteiger partial charge in [0.15, 0.2) is 16.6 Å². The molecule has 6 nitrogen and oxygen atoms in total. The number of aromatic carboxylic acids is 1. The number of carbonyl (C=O) groups excluding carboxylic acids is 1. The van der Waals surface area contributed by atoms with Gasteiger partial charge in [-0.15, -0.1) is 0 Å². The van der Waals surface area contributed by atoms with Gasteiger partial charge < -0.3 is 15.2 Å². The quantitative estimate of drug-likeness (QED) is 0.803. The van der Waals surface area contributed by atoms with Crippen LogP contribution in [0.15, 0.2) is 0 Å². The smallest absolute Gasteiger partial charge is 0.356 e. The van der Waals surface area contributed by atoms with Gasteiger partial charge in [-0.05, 0) is 13.3 Å². The highest BCUT2D eigenvalue weighted by Crippen LogP contribution is 2.26. The van der Waals surface area contributed by atoms with E-state index in [4.69, 9.17) is 9.84 Å². The molecule has 0 saturated carbocycles. The maximum absolute atomic E-state index is 11.4. The predicted octanol–water partition coefficient (Wildman–Crippen LogP) is 1.88. The van der Waals surface area contributed by atoms with E-state index in [2.05, 4.69) is 10.3 Å². The summed E-state index contributed by atoms with van der Waals surface area (Å²) in [4.78, 5) is 26.6. The molecule has 0 spiro atoms. The number of hydrogen-bond donors (Lipinski definition) is 2. The van der Waals surface area contributed by atoms with Gasteiger partial charge in [-0.1, -0.05) is 11.3 Å². The molecule has 1 saturated heterocycles. The molecule has 19 heavy (non-hydrogen) atoms. The van der Waals surface area contributed by atoms with Crippen LogP contribution in [0.3, 0.4) is 0 Å². The largest absolute Gasteiger partial charge is 0.476 e.